The minimum Gasteiger partial charge on any atom is -0.487 e. The number of carbonyl (C=O) groups is 1. The van der Waals surface area contributed by atoms with E-state index in [-0.39, 0.29) is 11.5 Å². The van der Waals surface area contributed by atoms with Gasteiger partial charge in [-0.2, -0.15) is 4.31 Å². The number of thiazole rings is 1. The van der Waals surface area contributed by atoms with Gasteiger partial charge in [-0.1, -0.05) is 29.8 Å². The summed E-state index contributed by atoms with van der Waals surface area (Å²) < 4.78 is 32.9. The SMILES string of the molecule is O=C(Nc1nc(COc2ccccc2)cs1)NC1CCCN1S(=O)(=O)c1ccc(Cl)cc1. The summed E-state index contributed by atoms with van der Waals surface area (Å²) in [5, 5.41) is 8.06. The summed E-state index contributed by atoms with van der Waals surface area (Å²) in [6.45, 7) is 0.605. The van der Waals surface area contributed by atoms with Crippen molar-refractivity contribution in [1.29, 1.82) is 0 Å². The third kappa shape index (κ3) is 5.39. The number of hydrogen-bond acceptors (Lipinski definition) is 6. The monoisotopic (exact) mass is 492 g/mol. The molecule has 1 unspecified atom stereocenters. The van der Waals surface area contributed by atoms with Gasteiger partial charge in [0.1, 0.15) is 12.4 Å². The molecule has 1 atom stereocenters. The lowest BCUT2D eigenvalue weighted by molar-refractivity contribution is 0.240. The van der Waals surface area contributed by atoms with Crippen molar-refractivity contribution < 1.29 is 17.9 Å². The number of sulfonamides is 1. The van der Waals surface area contributed by atoms with E-state index in [4.69, 9.17) is 16.3 Å². The second-order valence-corrected chi connectivity index (χ2v) is 10.3. The second kappa shape index (κ2) is 9.86. The second-order valence-electron chi connectivity index (χ2n) is 7.07. The van der Waals surface area contributed by atoms with Crippen LogP contribution >= 0.6 is 22.9 Å². The normalized spacial score (nSPS) is 16.6. The lowest BCUT2D eigenvalue weighted by atomic mass is 10.3. The van der Waals surface area contributed by atoms with Crippen molar-refractivity contribution in [3.05, 3.63) is 70.7 Å². The molecule has 1 fully saturated rings. The molecular formula is C21H21ClN4O4S2. The number of anilines is 1. The molecule has 11 heteroatoms. The Hall–Kier alpha value is -2.66. The van der Waals surface area contributed by atoms with Crippen LogP contribution in [0.5, 0.6) is 5.75 Å². The number of rotatable bonds is 7. The van der Waals surface area contributed by atoms with E-state index >= 15 is 0 Å². The molecule has 0 spiro atoms. The zero-order valence-corrected chi connectivity index (χ0v) is 19.3. The molecule has 2 N–H and O–H groups in total. The Labute approximate surface area is 195 Å². The third-order valence-corrected chi connectivity index (χ3v) is 7.80. The van der Waals surface area contributed by atoms with E-state index in [1.165, 1.54) is 39.9 Å². The number of aromatic nitrogens is 1. The van der Waals surface area contributed by atoms with E-state index < -0.39 is 22.2 Å². The van der Waals surface area contributed by atoms with Crippen LogP contribution in [-0.2, 0) is 16.6 Å². The molecule has 32 heavy (non-hydrogen) atoms. The van der Waals surface area contributed by atoms with Crippen molar-refractivity contribution in [3.63, 3.8) is 0 Å². The lowest BCUT2D eigenvalue weighted by Gasteiger charge is -2.24. The van der Waals surface area contributed by atoms with E-state index in [0.717, 1.165) is 5.75 Å². The average molecular weight is 493 g/mol. The van der Waals surface area contributed by atoms with Crippen molar-refractivity contribution in [2.24, 2.45) is 0 Å². The van der Waals surface area contributed by atoms with Gasteiger partial charge in [0.15, 0.2) is 5.13 Å². The Kier molecular flexibility index (Phi) is 6.95. The molecule has 0 radical (unpaired) electrons. The maximum absolute atomic E-state index is 13.0. The number of nitrogens with one attached hydrogen (secondary N) is 2. The fourth-order valence-electron chi connectivity index (χ4n) is 3.30. The molecule has 2 heterocycles. The van der Waals surface area contributed by atoms with Crippen LogP contribution in [0, 0.1) is 0 Å². The van der Waals surface area contributed by atoms with E-state index in [1.807, 2.05) is 30.3 Å². The molecule has 3 aromatic rings. The summed E-state index contributed by atoms with van der Waals surface area (Å²) in [4.78, 5) is 17.0. The summed E-state index contributed by atoms with van der Waals surface area (Å²) in [6, 6.07) is 14.8. The Bertz CT molecular complexity index is 1170. The van der Waals surface area contributed by atoms with Gasteiger partial charge >= 0.3 is 6.03 Å². The predicted octanol–water partition coefficient (Wildman–Crippen LogP) is 4.31. The summed E-state index contributed by atoms with van der Waals surface area (Å²) in [5.74, 6) is 0.732. The van der Waals surface area contributed by atoms with E-state index in [2.05, 4.69) is 15.6 Å². The van der Waals surface area contributed by atoms with E-state index in [9.17, 15) is 13.2 Å². The first-order valence-corrected chi connectivity index (χ1v) is 12.6. The predicted molar refractivity (Wildman–Crippen MR) is 123 cm³/mol. The molecule has 168 valence electrons. The van der Waals surface area contributed by atoms with Crippen LogP contribution in [0.25, 0.3) is 0 Å². The van der Waals surface area contributed by atoms with Gasteiger partial charge in [-0.05, 0) is 49.2 Å². The van der Waals surface area contributed by atoms with Crippen molar-refractivity contribution in [3.8, 4) is 5.75 Å². The maximum Gasteiger partial charge on any atom is 0.322 e. The van der Waals surface area contributed by atoms with Gasteiger partial charge in [-0.25, -0.2) is 18.2 Å². The van der Waals surface area contributed by atoms with Crippen LogP contribution < -0.4 is 15.4 Å². The van der Waals surface area contributed by atoms with Gasteiger partial charge in [0.05, 0.1) is 16.8 Å². The fourth-order valence-corrected chi connectivity index (χ4v) is 5.73. The summed E-state index contributed by atoms with van der Waals surface area (Å²) in [6.07, 6.45) is 0.529. The summed E-state index contributed by atoms with van der Waals surface area (Å²) in [7, 11) is -3.75. The van der Waals surface area contributed by atoms with Gasteiger partial charge in [-0.15, -0.1) is 11.3 Å². The van der Waals surface area contributed by atoms with Gasteiger partial charge in [0, 0.05) is 16.9 Å². The molecule has 4 rings (SSSR count). The first-order chi connectivity index (χ1) is 15.4. The molecule has 2 aromatic carbocycles. The number of benzene rings is 2. The summed E-state index contributed by atoms with van der Waals surface area (Å²) in [5.41, 5.74) is 0.682. The standard InChI is InChI=1S/C21H21ClN4O4S2/c22-15-8-10-18(11-9-15)32(28,29)26-12-4-7-19(26)24-20(27)25-21-23-16(14-31-21)13-30-17-5-2-1-3-6-17/h1-3,5-6,8-11,14,19H,4,7,12-13H2,(H2,23,24,25,27). The smallest absolute Gasteiger partial charge is 0.322 e. The first-order valence-electron chi connectivity index (χ1n) is 9.89. The van der Waals surface area contributed by atoms with Gasteiger partial charge in [-0.3, -0.25) is 5.32 Å². The van der Waals surface area contributed by atoms with Gasteiger partial charge in [0.2, 0.25) is 10.0 Å². The number of urea groups is 1. The minimum absolute atomic E-state index is 0.138. The van der Waals surface area contributed by atoms with Crippen LogP contribution in [0.15, 0.2) is 64.9 Å². The number of halogens is 1. The topological polar surface area (TPSA) is 101 Å². The highest BCUT2D eigenvalue weighted by atomic mass is 35.5. The lowest BCUT2D eigenvalue weighted by Crippen LogP contribution is -2.48. The van der Waals surface area contributed by atoms with Crippen LogP contribution in [0.2, 0.25) is 5.02 Å². The molecule has 0 bridgehead atoms. The number of amides is 2. The molecule has 2 amide bonds. The molecule has 1 aromatic heterocycles. The molecule has 1 aliphatic rings. The zero-order chi connectivity index (χ0) is 22.6. The van der Waals surface area contributed by atoms with E-state index in [0.29, 0.717) is 35.2 Å². The molecule has 1 aliphatic heterocycles. The van der Waals surface area contributed by atoms with E-state index in [1.54, 1.807) is 5.38 Å². The third-order valence-electron chi connectivity index (χ3n) is 4.82. The number of para-hydroxylation sites is 1. The molecule has 8 nitrogen and oxygen atoms in total. The minimum atomic E-state index is -3.75. The highest BCUT2D eigenvalue weighted by Crippen LogP contribution is 2.26. The number of nitrogens with zero attached hydrogens (tertiary/aromatic N) is 2. The number of ether oxygens (including phenoxy) is 1. The highest BCUT2D eigenvalue weighted by molar-refractivity contribution is 7.89. The fraction of sp³-hybridized carbons (Fsp3) is 0.238. The van der Waals surface area contributed by atoms with Crippen LogP contribution in [0.4, 0.5) is 9.93 Å². The number of carbonyl (C=O) groups excluding carboxylic acids is 1. The van der Waals surface area contributed by atoms with Crippen LogP contribution in [0.1, 0.15) is 18.5 Å². The highest BCUT2D eigenvalue weighted by Gasteiger charge is 2.36. The Balaban J connectivity index is 1.34. The first kappa shape index (κ1) is 22.5. The van der Waals surface area contributed by atoms with Gasteiger partial charge < -0.3 is 10.1 Å². The molecule has 1 saturated heterocycles. The van der Waals surface area contributed by atoms with Crippen LogP contribution in [0.3, 0.4) is 0 Å². The van der Waals surface area contributed by atoms with Crippen molar-refractivity contribution >= 4 is 44.1 Å². The maximum atomic E-state index is 13.0. The van der Waals surface area contributed by atoms with Crippen LogP contribution in [-0.4, -0.2) is 36.4 Å². The Morgan fingerprint density at radius 3 is 2.69 bits per heavy atom. The largest absolute Gasteiger partial charge is 0.487 e. The number of hydrogen-bond donors (Lipinski definition) is 2. The summed E-state index contributed by atoms with van der Waals surface area (Å²) >= 11 is 7.13. The van der Waals surface area contributed by atoms with Gasteiger partial charge in [0.25, 0.3) is 0 Å². The molecule has 0 aliphatic carbocycles. The van der Waals surface area contributed by atoms with Crippen molar-refractivity contribution in [1.82, 2.24) is 14.6 Å². The zero-order valence-electron chi connectivity index (χ0n) is 16.9. The quantitative estimate of drug-likeness (QED) is 0.512. The average Bonchev–Trinajstić information content (AvgIpc) is 3.43. The molecule has 0 saturated carbocycles. The Morgan fingerprint density at radius 2 is 1.94 bits per heavy atom. The van der Waals surface area contributed by atoms with Crippen molar-refractivity contribution in [2.75, 3.05) is 11.9 Å². The Morgan fingerprint density at radius 1 is 1.19 bits per heavy atom. The van der Waals surface area contributed by atoms with Crippen molar-refractivity contribution in [2.45, 2.75) is 30.5 Å². The molecular weight excluding hydrogens is 472 g/mol.